The number of halogens is 3. The highest BCUT2D eigenvalue weighted by Gasteiger charge is 2.38. The van der Waals surface area contributed by atoms with Gasteiger partial charge in [-0.2, -0.15) is 0 Å². The van der Waals surface area contributed by atoms with E-state index in [2.05, 4.69) is 0 Å². The van der Waals surface area contributed by atoms with Crippen LogP contribution in [-0.4, -0.2) is 32.8 Å². The van der Waals surface area contributed by atoms with Gasteiger partial charge in [-0.3, -0.25) is 10.1 Å². The smallest absolute Gasteiger partial charge is 0.314 e. The molecule has 5 N–H and O–H groups in total. The van der Waals surface area contributed by atoms with E-state index in [-0.39, 0.29) is 12.4 Å². The van der Waals surface area contributed by atoms with Crippen LogP contribution in [0, 0.1) is 10.1 Å². The zero-order valence-corrected chi connectivity index (χ0v) is 10.1. The zero-order chi connectivity index (χ0) is 14.1. The summed E-state index contributed by atoms with van der Waals surface area (Å²) < 4.78 is 26.2. The van der Waals surface area contributed by atoms with E-state index in [1.54, 1.807) is 0 Å². The van der Waals surface area contributed by atoms with Crippen molar-refractivity contribution in [3.8, 4) is 11.5 Å². The summed E-state index contributed by atoms with van der Waals surface area (Å²) in [6.45, 7) is -1.55. The lowest BCUT2D eigenvalue weighted by Crippen LogP contribution is -2.36. The summed E-state index contributed by atoms with van der Waals surface area (Å²) in [5, 5.41) is 37.3. The predicted molar refractivity (Wildman–Crippen MR) is 62.6 cm³/mol. The summed E-state index contributed by atoms with van der Waals surface area (Å²) in [7, 11) is 0. The number of aliphatic hydroxyl groups is 1. The minimum atomic E-state index is -3.71. The van der Waals surface area contributed by atoms with E-state index in [1.807, 2.05) is 0 Å². The van der Waals surface area contributed by atoms with Crippen LogP contribution in [0.25, 0.3) is 0 Å². The molecule has 0 aliphatic heterocycles. The first-order chi connectivity index (χ1) is 8.20. The first kappa shape index (κ1) is 17.3. The van der Waals surface area contributed by atoms with Gasteiger partial charge in [-0.15, -0.1) is 12.4 Å². The number of nitrogens with zero attached hydrogens (tertiary/aromatic N) is 1. The summed E-state index contributed by atoms with van der Waals surface area (Å²) in [5.41, 5.74) is 3.72. The molecule has 7 nitrogen and oxygen atoms in total. The topological polar surface area (TPSA) is 130 Å². The van der Waals surface area contributed by atoms with E-state index in [4.69, 9.17) is 15.9 Å². The lowest BCUT2D eigenvalue weighted by atomic mass is 10.0. The van der Waals surface area contributed by atoms with Gasteiger partial charge in [0.2, 0.25) is 5.75 Å². The molecule has 0 radical (unpaired) electrons. The summed E-state index contributed by atoms with van der Waals surface area (Å²) >= 11 is 0. The number of nitro benzene ring substituents is 1. The molecule has 0 saturated carbocycles. The molecule has 0 unspecified atom stereocenters. The molecule has 0 amide bonds. The van der Waals surface area contributed by atoms with Crippen LogP contribution in [0.15, 0.2) is 12.1 Å². The predicted octanol–water partition coefficient (Wildman–Crippen LogP) is 1.06. The number of phenols is 2. The normalized spacial score (nSPS) is 12.6. The number of aromatic hydroxyl groups is 2. The van der Waals surface area contributed by atoms with Gasteiger partial charge in [-0.1, -0.05) is 0 Å². The molecule has 10 heteroatoms. The number of phenolic OH excluding ortho intramolecular Hbond substituents is 2. The zero-order valence-electron chi connectivity index (χ0n) is 9.29. The second-order valence-electron chi connectivity index (χ2n) is 3.56. The number of rotatable bonds is 4. The highest BCUT2D eigenvalue weighted by atomic mass is 35.5. The van der Waals surface area contributed by atoms with Gasteiger partial charge >= 0.3 is 5.69 Å². The molecule has 108 valence electrons. The molecule has 0 spiro atoms. The molecule has 0 aromatic heterocycles. The SMILES string of the molecule is Cl.N[C@@H](c1cc(O)c(O)c([N+](=O)[O-])c1)C(F)(F)CO. The highest BCUT2D eigenvalue weighted by Crippen LogP contribution is 2.40. The largest absolute Gasteiger partial charge is 0.504 e. The molecule has 1 aromatic rings. The van der Waals surface area contributed by atoms with Gasteiger partial charge in [-0.25, -0.2) is 8.78 Å². The highest BCUT2D eigenvalue weighted by molar-refractivity contribution is 5.85. The maximum absolute atomic E-state index is 13.1. The van der Waals surface area contributed by atoms with Crippen LogP contribution in [-0.2, 0) is 0 Å². The molecule has 1 aromatic carbocycles. The molecule has 0 fully saturated rings. The monoisotopic (exact) mass is 300 g/mol. The molecule has 0 aliphatic rings. The van der Waals surface area contributed by atoms with Gasteiger partial charge in [0.15, 0.2) is 5.75 Å². The molecule has 0 bridgehead atoms. The second-order valence-corrected chi connectivity index (χ2v) is 3.56. The van der Waals surface area contributed by atoms with Crippen molar-refractivity contribution in [3.05, 3.63) is 27.8 Å². The van der Waals surface area contributed by atoms with Crippen molar-refractivity contribution in [2.75, 3.05) is 6.61 Å². The summed E-state index contributed by atoms with van der Waals surface area (Å²) in [6.07, 6.45) is 0. The summed E-state index contributed by atoms with van der Waals surface area (Å²) in [4.78, 5) is 9.47. The van der Waals surface area contributed by atoms with Crippen LogP contribution < -0.4 is 5.73 Å². The Labute approximate surface area is 111 Å². The molecule has 0 aliphatic carbocycles. The van der Waals surface area contributed by atoms with Crippen molar-refractivity contribution in [2.45, 2.75) is 12.0 Å². The van der Waals surface area contributed by atoms with Crippen molar-refractivity contribution < 1.29 is 29.0 Å². The Kier molecular flexibility index (Phi) is 5.42. The van der Waals surface area contributed by atoms with Gasteiger partial charge in [0, 0.05) is 6.07 Å². The van der Waals surface area contributed by atoms with Gasteiger partial charge in [-0.05, 0) is 11.6 Å². The quantitative estimate of drug-likeness (QED) is 0.373. The molecular formula is C9H11ClF2N2O5. The van der Waals surface area contributed by atoms with Crippen LogP contribution >= 0.6 is 12.4 Å². The average molecular weight is 301 g/mol. The Bertz CT molecular complexity index is 486. The summed E-state index contributed by atoms with van der Waals surface area (Å²) in [6, 6.07) is -0.757. The minimum Gasteiger partial charge on any atom is -0.504 e. The standard InChI is InChI=1S/C9H10F2N2O5.ClH/c10-9(11,3-14)8(12)4-1-5(13(17)18)7(16)6(15)2-4;/h1-2,8,14-16H,3,12H2;1H/t8-;/m0./s1. The fourth-order valence-corrected chi connectivity index (χ4v) is 1.29. The van der Waals surface area contributed by atoms with Crippen LogP contribution in [0.5, 0.6) is 11.5 Å². The third-order valence-electron chi connectivity index (χ3n) is 2.31. The third-order valence-corrected chi connectivity index (χ3v) is 2.31. The Morgan fingerprint density at radius 1 is 1.42 bits per heavy atom. The third kappa shape index (κ3) is 3.40. The molecule has 19 heavy (non-hydrogen) atoms. The van der Waals surface area contributed by atoms with E-state index in [0.717, 1.165) is 0 Å². The lowest BCUT2D eigenvalue weighted by Gasteiger charge is -2.21. The van der Waals surface area contributed by atoms with Crippen molar-refractivity contribution in [1.29, 1.82) is 0 Å². The van der Waals surface area contributed by atoms with Gasteiger partial charge in [0.1, 0.15) is 6.61 Å². The lowest BCUT2D eigenvalue weighted by molar-refractivity contribution is -0.386. The van der Waals surface area contributed by atoms with E-state index in [9.17, 15) is 24.0 Å². The van der Waals surface area contributed by atoms with Crippen molar-refractivity contribution >= 4 is 18.1 Å². The van der Waals surface area contributed by atoms with Crippen LogP contribution in [0.1, 0.15) is 11.6 Å². The number of nitro groups is 1. The Balaban J connectivity index is 0.00000324. The Hall–Kier alpha value is -1.71. The Morgan fingerprint density at radius 3 is 2.37 bits per heavy atom. The molecular weight excluding hydrogens is 290 g/mol. The van der Waals surface area contributed by atoms with Crippen LogP contribution in [0.2, 0.25) is 0 Å². The van der Waals surface area contributed by atoms with Crippen molar-refractivity contribution in [1.82, 2.24) is 0 Å². The van der Waals surface area contributed by atoms with Crippen LogP contribution in [0.3, 0.4) is 0 Å². The number of aliphatic hydroxyl groups excluding tert-OH is 1. The maximum atomic E-state index is 13.1. The number of nitrogens with two attached hydrogens (primary N) is 1. The second kappa shape index (κ2) is 5.95. The first-order valence-corrected chi connectivity index (χ1v) is 4.65. The van der Waals surface area contributed by atoms with Gasteiger partial charge < -0.3 is 21.1 Å². The van der Waals surface area contributed by atoms with Gasteiger partial charge in [0.25, 0.3) is 5.92 Å². The van der Waals surface area contributed by atoms with E-state index < -0.39 is 46.2 Å². The molecule has 0 heterocycles. The van der Waals surface area contributed by atoms with Crippen molar-refractivity contribution in [3.63, 3.8) is 0 Å². The van der Waals surface area contributed by atoms with Crippen molar-refractivity contribution in [2.24, 2.45) is 5.73 Å². The first-order valence-electron chi connectivity index (χ1n) is 4.65. The fourth-order valence-electron chi connectivity index (χ4n) is 1.29. The number of hydrogen-bond donors (Lipinski definition) is 4. The van der Waals surface area contributed by atoms with Crippen LogP contribution in [0.4, 0.5) is 14.5 Å². The molecule has 0 saturated heterocycles. The maximum Gasteiger partial charge on any atom is 0.314 e. The summed E-state index contributed by atoms with van der Waals surface area (Å²) in [5.74, 6) is -5.69. The Morgan fingerprint density at radius 2 is 1.95 bits per heavy atom. The average Bonchev–Trinajstić information content (AvgIpc) is 2.31. The number of benzene rings is 1. The fraction of sp³-hybridized carbons (Fsp3) is 0.333. The molecule has 1 rings (SSSR count). The number of hydrogen-bond acceptors (Lipinski definition) is 6. The van der Waals surface area contributed by atoms with Gasteiger partial charge in [0.05, 0.1) is 11.0 Å². The minimum absolute atomic E-state index is 0. The number of alkyl halides is 2. The van der Waals surface area contributed by atoms with E-state index >= 15 is 0 Å². The van der Waals surface area contributed by atoms with E-state index in [1.165, 1.54) is 0 Å². The molecule has 1 atom stereocenters. The van der Waals surface area contributed by atoms with E-state index in [0.29, 0.717) is 12.1 Å².